The monoisotopic (exact) mass is 279 g/mol. The van der Waals surface area contributed by atoms with E-state index >= 15 is 0 Å². The molecule has 1 atom stereocenters. The van der Waals surface area contributed by atoms with Crippen LogP contribution >= 0.6 is 0 Å². The van der Waals surface area contributed by atoms with Gasteiger partial charge >= 0.3 is 0 Å². The lowest BCUT2D eigenvalue weighted by molar-refractivity contribution is 0.324. The summed E-state index contributed by atoms with van der Waals surface area (Å²) in [6, 6.07) is 4.41. The Kier molecular flexibility index (Phi) is 4.31. The van der Waals surface area contributed by atoms with E-state index in [0.717, 1.165) is 5.69 Å². The van der Waals surface area contributed by atoms with Crippen molar-refractivity contribution in [3.05, 3.63) is 12.1 Å². The van der Waals surface area contributed by atoms with E-state index in [-0.39, 0.29) is 0 Å². The van der Waals surface area contributed by atoms with Crippen molar-refractivity contribution in [2.45, 2.75) is 39.2 Å². The Morgan fingerprint density at radius 1 is 1.05 bits per heavy atom. The molecule has 112 valence electrons. The standard InChI is InChI=1S/C16H25NO3/c1-16(2)8-6-7-14(16)17-11-9-12(18-3)15(20-5)13(10-11)19-4/h9-10,14,17H,6-8H2,1-5H3. The molecule has 1 fully saturated rings. The number of methoxy groups -OCH3 is 3. The Labute approximate surface area is 121 Å². The fraction of sp³-hybridized carbons (Fsp3) is 0.625. The van der Waals surface area contributed by atoms with Gasteiger partial charge in [-0.1, -0.05) is 20.3 Å². The number of ether oxygens (including phenoxy) is 3. The Morgan fingerprint density at radius 2 is 1.65 bits per heavy atom. The first-order valence-electron chi connectivity index (χ1n) is 7.08. The smallest absolute Gasteiger partial charge is 0.203 e. The van der Waals surface area contributed by atoms with Crippen LogP contribution in [0.3, 0.4) is 0 Å². The van der Waals surface area contributed by atoms with Crippen LogP contribution in [0.5, 0.6) is 17.2 Å². The summed E-state index contributed by atoms with van der Waals surface area (Å²) in [5, 5.41) is 3.62. The SMILES string of the molecule is COc1cc(NC2CCCC2(C)C)cc(OC)c1OC. The maximum atomic E-state index is 5.39. The topological polar surface area (TPSA) is 39.7 Å². The minimum Gasteiger partial charge on any atom is -0.493 e. The molecule has 0 aliphatic heterocycles. The van der Waals surface area contributed by atoms with Crippen LogP contribution in [0.1, 0.15) is 33.1 Å². The molecule has 0 radical (unpaired) electrons. The summed E-state index contributed by atoms with van der Waals surface area (Å²) in [5.74, 6) is 2.00. The van der Waals surface area contributed by atoms with Gasteiger partial charge in [-0.3, -0.25) is 0 Å². The van der Waals surface area contributed by atoms with Gasteiger partial charge in [0.2, 0.25) is 5.75 Å². The first-order valence-corrected chi connectivity index (χ1v) is 7.08. The van der Waals surface area contributed by atoms with E-state index in [1.165, 1.54) is 19.3 Å². The van der Waals surface area contributed by atoms with E-state index in [1.54, 1.807) is 21.3 Å². The van der Waals surface area contributed by atoms with Gasteiger partial charge in [-0.15, -0.1) is 0 Å². The van der Waals surface area contributed by atoms with Crippen LogP contribution in [0.2, 0.25) is 0 Å². The van der Waals surface area contributed by atoms with Gasteiger partial charge in [0.25, 0.3) is 0 Å². The number of anilines is 1. The molecular weight excluding hydrogens is 254 g/mol. The molecule has 0 saturated heterocycles. The number of rotatable bonds is 5. The normalized spacial score (nSPS) is 20.6. The molecule has 1 aliphatic carbocycles. The molecule has 0 bridgehead atoms. The molecule has 1 aliphatic rings. The van der Waals surface area contributed by atoms with Crippen molar-refractivity contribution in [1.82, 2.24) is 0 Å². The molecular formula is C16H25NO3. The van der Waals surface area contributed by atoms with E-state index in [1.807, 2.05) is 12.1 Å². The predicted octanol–water partition coefficient (Wildman–Crippen LogP) is 3.70. The van der Waals surface area contributed by atoms with E-state index in [9.17, 15) is 0 Å². The van der Waals surface area contributed by atoms with Crippen LogP contribution in [-0.2, 0) is 0 Å². The summed E-state index contributed by atoms with van der Waals surface area (Å²) in [4.78, 5) is 0. The number of nitrogens with one attached hydrogen (secondary N) is 1. The third-order valence-corrected chi connectivity index (χ3v) is 4.26. The van der Waals surface area contributed by atoms with Crippen molar-refractivity contribution in [2.75, 3.05) is 26.6 Å². The minimum absolute atomic E-state index is 0.320. The van der Waals surface area contributed by atoms with Crippen molar-refractivity contribution in [2.24, 2.45) is 5.41 Å². The van der Waals surface area contributed by atoms with E-state index in [0.29, 0.717) is 28.7 Å². The van der Waals surface area contributed by atoms with Gasteiger partial charge in [0, 0.05) is 23.9 Å². The summed E-state index contributed by atoms with van der Waals surface area (Å²) < 4.78 is 16.1. The third kappa shape index (κ3) is 2.79. The summed E-state index contributed by atoms with van der Waals surface area (Å²) in [6.45, 7) is 4.63. The summed E-state index contributed by atoms with van der Waals surface area (Å²) in [6.07, 6.45) is 3.73. The highest BCUT2D eigenvalue weighted by molar-refractivity contribution is 5.63. The zero-order valence-corrected chi connectivity index (χ0v) is 13.1. The van der Waals surface area contributed by atoms with Crippen molar-refractivity contribution >= 4 is 5.69 Å². The van der Waals surface area contributed by atoms with Crippen LogP contribution < -0.4 is 19.5 Å². The average Bonchev–Trinajstić information content (AvgIpc) is 2.76. The Bertz CT molecular complexity index is 446. The van der Waals surface area contributed by atoms with Gasteiger partial charge in [0.15, 0.2) is 11.5 Å². The van der Waals surface area contributed by atoms with Gasteiger partial charge in [0.05, 0.1) is 21.3 Å². The predicted molar refractivity (Wildman–Crippen MR) is 81.1 cm³/mol. The van der Waals surface area contributed by atoms with Crippen LogP contribution in [0.15, 0.2) is 12.1 Å². The van der Waals surface area contributed by atoms with Gasteiger partial charge in [-0.2, -0.15) is 0 Å². The van der Waals surface area contributed by atoms with Crippen LogP contribution in [0.4, 0.5) is 5.69 Å². The fourth-order valence-corrected chi connectivity index (χ4v) is 2.96. The maximum Gasteiger partial charge on any atom is 0.203 e. The molecule has 1 N–H and O–H groups in total. The third-order valence-electron chi connectivity index (χ3n) is 4.26. The van der Waals surface area contributed by atoms with E-state index < -0.39 is 0 Å². The summed E-state index contributed by atoms with van der Waals surface area (Å²) in [5.41, 5.74) is 1.33. The highest BCUT2D eigenvalue weighted by Gasteiger charge is 2.34. The molecule has 0 heterocycles. The van der Waals surface area contributed by atoms with Crippen molar-refractivity contribution in [3.8, 4) is 17.2 Å². The molecule has 4 nitrogen and oxygen atoms in total. The van der Waals surface area contributed by atoms with Gasteiger partial charge < -0.3 is 19.5 Å². The number of hydrogen-bond donors (Lipinski definition) is 1. The maximum absolute atomic E-state index is 5.39. The molecule has 0 amide bonds. The molecule has 1 unspecified atom stereocenters. The molecule has 0 spiro atoms. The highest BCUT2D eigenvalue weighted by Crippen LogP contribution is 2.43. The Balaban J connectivity index is 2.28. The Hall–Kier alpha value is -1.58. The summed E-state index contributed by atoms with van der Waals surface area (Å²) >= 11 is 0. The van der Waals surface area contributed by atoms with Gasteiger partial charge in [-0.05, 0) is 18.3 Å². The molecule has 2 rings (SSSR count). The minimum atomic E-state index is 0.320. The van der Waals surface area contributed by atoms with Crippen LogP contribution in [0.25, 0.3) is 0 Å². The second-order valence-corrected chi connectivity index (χ2v) is 5.99. The lowest BCUT2D eigenvalue weighted by Crippen LogP contribution is -2.30. The second-order valence-electron chi connectivity index (χ2n) is 5.99. The van der Waals surface area contributed by atoms with E-state index in [2.05, 4.69) is 19.2 Å². The molecule has 20 heavy (non-hydrogen) atoms. The highest BCUT2D eigenvalue weighted by atomic mass is 16.5. The second kappa shape index (κ2) is 5.81. The number of benzene rings is 1. The summed E-state index contributed by atoms with van der Waals surface area (Å²) in [7, 11) is 4.90. The fourth-order valence-electron chi connectivity index (χ4n) is 2.96. The molecule has 1 saturated carbocycles. The quantitative estimate of drug-likeness (QED) is 0.892. The van der Waals surface area contributed by atoms with Crippen LogP contribution in [-0.4, -0.2) is 27.4 Å². The van der Waals surface area contributed by atoms with E-state index in [4.69, 9.17) is 14.2 Å². The zero-order chi connectivity index (χ0) is 14.8. The van der Waals surface area contributed by atoms with Crippen molar-refractivity contribution in [3.63, 3.8) is 0 Å². The molecule has 4 heteroatoms. The van der Waals surface area contributed by atoms with Crippen LogP contribution in [0, 0.1) is 5.41 Å². The lowest BCUT2D eigenvalue weighted by atomic mass is 9.87. The molecule has 0 aromatic heterocycles. The average molecular weight is 279 g/mol. The molecule has 1 aromatic carbocycles. The largest absolute Gasteiger partial charge is 0.493 e. The first kappa shape index (κ1) is 14.8. The zero-order valence-electron chi connectivity index (χ0n) is 13.1. The Morgan fingerprint density at radius 3 is 2.05 bits per heavy atom. The van der Waals surface area contributed by atoms with Gasteiger partial charge in [-0.25, -0.2) is 0 Å². The van der Waals surface area contributed by atoms with Crippen molar-refractivity contribution in [1.29, 1.82) is 0 Å². The van der Waals surface area contributed by atoms with Gasteiger partial charge in [0.1, 0.15) is 0 Å². The number of hydrogen-bond acceptors (Lipinski definition) is 4. The lowest BCUT2D eigenvalue weighted by Gasteiger charge is -2.29. The van der Waals surface area contributed by atoms with Crippen molar-refractivity contribution < 1.29 is 14.2 Å². The molecule has 1 aromatic rings. The first-order chi connectivity index (χ1) is 9.51.